The average molecular weight is 189 g/mol. The van der Waals surface area contributed by atoms with Gasteiger partial charge >= 0.3 is 0 Å². The molecule has 0 unspecified atom stereocenters. The fourth-order valence-corrected chi connectivity index (χ4v) is 1.64. The first-order chi connectivity index (χ1) is 6.75. The van der Waals surface area contributed by atoms with Crippen molar-refractivity contribution in [2.24, 2.45) is 0 Å². The van der Waals surface area contributed by atoms with Gasteiger partial charge in [-0.25, -0.2) is 0 Å². The summed E-state index contributed by atoms with van der Waals surface area (Å²) in [6.45, 7) is 5.06. The largest absolute Gasteiger partial charge is 0.299 e. The Kier molecular flexibility index (Phi) is 2.64. The Bertz CT molecular complexity index is 325. The molecule has 0 aromatic heterocycles. The Morgan fingerprint density at radius 2 is 1.93 bits per heavy atom. The highest BCUT2D eigenvalue weighted by Crippen LogP contribution is 2.13. The molecule has 2 nitrogen and oxygen atoms in total. The molecule has 0 amide bonds. The molecule has 14 heavy (non-hydrogen) atoms. The van der Waals surface area contributed by atoms with Crippen LogP contribution in [0.5, 0.6) is 0 Å². The van der Waals surface area contributed by atoms with E-state index in [1.165, 1.54) is 25.1 Å². The van der Waals surface area contributed by atoms with Gasteiger partial charge in [0.1, 0.15) is 0 Å². The third kappa shape index (κ3) is 2.02. The molecule has 0 N–H and O–H groups in total. The predicted molar refractivity (Wildman–Crippen MR) is 56.3 cm³/mol. The molecule has 1 heterocycles. The number of Topliss-reactive ketones (excluding diaryl/α,β-unsaturated/α-hetero) is 1. The zero-order valence-corrected chi connectivity index (χ0v) is 8.49. The lowest BCUT2D eigenvalue weighted by Crippen LogP contribution is -2.36. The highest BCUT2D eigenvalue weighted by Gasteiger charge is 2.13. The minimum Gasteiger partial charge on any atom is -0.299 e. The number of hydrogen-bond acceptors (Lipinski definition) is 2. The molecule has 1 saturated heterocycles. The Labute approximate surface area is 84.5 Å². The van der Waals surface area contributed by atoms with Crippen molar-refractivity contribution < 1.29 is 4.79 Å². The molecular weight excluding hydrogens is 174 g/mol. The van der Waals surface area contributed by atoms with Gasteiger partial charge in [0, 0.05) is 12.1 Å². The van der Waals surface area contributed by atoms with E-state index in [9.17, 15) is 4.79 Å². The number of hydrogen-bond donors (Lipinski definition) is 0. The van der Waals surface area contributed by atoms with Gasteiger partial charge in [-0.2, -0.15) is 0 Å². The van der Waals surface area contributed by atoms with Crippen LogP contribution in [0, 0.1) is 0 Å². The zero-order valence-electron chi connectivity index (χ0n) is 8.49. The highest BCUT2D eigenvalue weighted by atomic mass is 16.1. The topological polar surface area (TPSA) is 20.3 Å². The molecule has 0 bridgehead atoms. The Morgan fingerprint density at radius 3 is 2.36 bits per heavy atom. The van der Waals surface area contributed by atoms with Crippen LogP contribution in [-0.2, 0) is 6.54 Å². The molecule has 0 spiro atoms. The Hall–Kier alpha value is -1.15. The van der Waals surface area contributed by atoms with Crippen LogP contribution in [-0.4, -0.2) is 23.8 Å². The molecule has 1 aromatic rings. The van der Waals surface area contributed by atoms with Gasteiger partial charge in [-0.3, -0.25) is 9.69 Å². The van der Waals surface area contributed by atoms with E-state index >= 15 is 0 Å². The summed E-state index contributed by atoms with van der Waals surface area (Å²) in [5.41, 5.74) is 2.10. The number of nitrogens with zero attached hydrogens (tertiary/aromatic N) is 1. The summed E-state index contributed by atoms with van der Waals surface area (Å²) in [5, 5.41) is 0. The Morgan fingerprint density at radius 1 is 1.29 bits per heavy atom. The summed E-state index contributed by atoms with van der Waals surface area (Å²) in [6, 6.07) is 7.93. The van der Waals surface area contributed by atoms with E-state index in [0.717, 1.165) is 12.1 Å². The van der Waals surface area contributed by atoms with Gasteiger partial charge in [0.25, 0.3) is 0 Å². The Balaban J connectivity index is 2.01. The van der Waals surface area contributed by atoms with E-state index in [1.54, 1.807) is 6.92 Å². The van der Waals surface area contributed by atoms with E-state index < -0.39 is 0 Å². The predicted octanol–water partition coefficient (Wildman–Crippen LogP) is 2.09. The molecule has 1 aliphatic rings. The summed E-state index contributed by atoms with van der Waals surface area (Å²) >= 11 is 0. The van der Waals surface area contributed by atoms with Crippen molar-refractivity contribution in [2.75, 3.05) is 13.1 Å². The summed E-state index contributed by atoms with van der Waals surface area (Å²) < 4.78 is 0. The first-order valence-corrected chi connectivity index (χ1v) is 5.08. The molecule has 1 aliphatic heterocycles. The van der Waals surface area contributed by atoms with Crippen LogP contribution in [0.2, 0.25) is 0 Å². The lowest BCUT2D eigenvalue weighted by molar-refractivity contribution is 0.101. The normalized spacial score (nSPS) is 16.4. The molecule has 0 radical (unpaired) electrons. The van der Waals surface area contributed by atoms with Crippen molar-refractivity contribution >= 4 is 5.78 Å². The summed E-state index contributed by atoms with van der Waals surface area (Å²) in [7, 11) is 0. The third-order valence-electron chi connectivity index (χ3n) is 2.72. The molecule has 1 fully saturated rings. The van der Waals surface area contributed by atoms with Gasteiger partial charge in [0.05, 0.1) is 0 Å². The van der Waals surface area contributed by atoms with Gasteiger partial charge < -0.3 is 0 Å². The van der Waals surface area contributed by atoms with Crippen LogP contribution in [0.15, 0.2) is 24.3 Å². The van der Waals surface area contributed by atoms with Crippen molar-refractivity contribution in [3.05, 3.63) is 35.4 Å². The third-order valence-corrected chi connectivity index (χ3v) is 2.72. The fraction of sp³-hybridized carbons (Fsp3) is 0.417. The number of carbonyl (C=O) groups excluding carboxylic acids is 1. The minimum atomic E-state index is 0.139. The minimum absolute atomic E-state index is 0.139. The summed E-state index contributed by atoms with van der Waals surface area (Å²) in [4.78, 5) is 13.4. The number of benzene rings is 1. The van der Waals surface area contributed by atoms with Gasteiger partial charge in [0.2, 0.25) is 0 Å². The van der Waals surface area contributed by atoms with Gasteiger partial charge in [0.15, 0.2) is 5.78 Å². The lowest BCUT2D eigenvalue weighted by Gasteiger charge is -2.30. The first-order valence-electron chi connectivity index (χ1n) is 5.08. The maximum absolute atomic E-state index is 11.0. The fourth-order valence-electron chi connectivity index (χ4n) is 1.64. The van der Waals surface area contributed by atoms with E-state index in [-0.39, 0.29) is 5.78 Å². The number of ketones is 1. The number of carbonyl (C=O) groups is 1. The average Bonchev–Trinajstić information content (AvgIpc) is 2.12. The van der Waals surface area contributed by atoms with Crippen molar-refractivity contribution in [2.45, 2.75) is 19.9 Å². The van der Waals surface area contributed by atoms with Gasteiger partial charge in [-0.1, -0.05) is 24.3 Å². The second-order valence-electron chi connectivity index (χ2n) is 3.88. The van der Waals surface area contributed by atoms with Crippen LogP contribution in [0.4, 0.5) is 0 Å². The van der Waals surface area contributed by atoms with Crippen molar-refractivity contribution in [3.8, 4) is 0 Å². The second-order valence-corrected chi connectivity index (χ2v) is 3.88. The van der Waals surface area contributed by atoms with Crippen LogP contribution >= 0.6 is 0 Å². The monoisotopic (exact) mass is 189 g/mol. The molecule has 2 rings (SSSR count). The standard InChI is InChI=1S/C12H15NO/c1-10(14)12-5-3-11(4-6-12)9-13-7-2-8-13/h3-6H,2,7-9H2,1H3. The smallest absolute Gasteiger partial charge is 0.159 e. The second kappa shape index (κ2) is 3.93. The highest BCUT2D eigenvalue weighted by molar-refractivity contribution is 5.93. The van der Waals surface area contributed by atoms with Crippen LogP contribution in [0.1, 0.15) is 29.3 Å². The molecule has 2 heteroatoms. The summed E-state index contributed by atoms with van der Waals surface area (Å²) in [6.07, 6.45) is 1.32. The number of rotatable bonds is 3. The van der Waals surface area contributed by atoms with E-state index in [2.05, 4.69) is 17.0 Å². The summed E-state index contributed by atoms with van der Waals surface area (Å²) in [5.74, 6) is 0.139. The van der Waals surface area contributed by atoms with Crippen LogP contribution < -0.4 is 0 Å². The van der Waals surface area contributed by atoms with E-state index in [1.807, 2.05) is 12.1 Å². The number of likely N-dealkylation sites (tertiary alicyclic amines) is 1. The van der Waals surface area contributed by atoms with Crippen molar-refractivity contribution in [3.63, 3.8) is 0 Å². The molecule has 1 aromatic carbocycles. The van der Waals surface area contributed by atoms with Gasteiger partial charge in [-0.05, 0) is 32.0 Å². The van der Waals surface area contributed by atoms with E-state index in [0.29, 0.717) is 0 Å². The molecule has 74 valence electrons. The quantitative estimate of drug-likeness (QED) is 0.679. The van der Waals surface area contributed by atoms with Crippen molar-refractivity contribution in [1.29, 1.82) is 0 Å². The molecule has 0 atom stereocenters. The lowest BCUT2D eigenvalue weighted by atomic mass is 10.1. The molecule has 0 saturated carbocycles. The molecule has 0 aliphatic carbocycles. The van der Waals surface area contributed by atoms with Gasteiger partial charge in [-0.15, -0.1) is 0 Å². The van der Waals surface area contributed by atoms with Crippen LogP contribution in [0.25, 0.3) is 0 Å². The SMILES string of the molecule is CC(=O)c1ccc(CN2CCC2)cc1. The van der Waals surface area contributed by atoms with Crippen LogP contribution in [0.3, 0.4) is 0 Å². The van der Waals surface area contributed by atoms with E-state index in [4.69, 9.17) is 0 Å². The zero-order chi connectivity index (χ0) is 9.97. The maximum Gasteiger partial charge on any atom is 0.159 e. The maximum atomic E-state index is 11.0. The van der Waals surface area contributed by atoms with Crippen molar-refractivity contribution in [1.82, 2.24) is 4.90 Å². The molecular formula is C12H15NO. The first kappa shape index (κ1) is 9.41.